The zero-order valence-electron chi connectivity index (χ0n) is 24.3. The maximum absolute atomic E-state index is 11.6. The monoisotopic (exact) mass is 992 g/mol. The van der Waals surface area contributed by atoms with E-state index in [1.807, 2.05) is 67.8 Å². The van der Waals surface area contributed by atoms with Crippen molar-refractivity contribution in [3.05, 3.63) is 16.3 Å². The Bertz CT molecular complexity index is 1230. The molecule has 2 aliphatic rings. The van der Waals surface area contributed by atoms with Gasteiger partial charge in [-0.25, -0.2) is 0 Å². The van der Waals surface area contributed by atoms with Gasteiger partial charge in [-0.2, -0.15) is 0 Å². The van der Waals surface area contributed by atoms with Gasteiger partial charge in [0, 0.05) is 33.6 Å². The molecule has 250 valence electrons. The van der Waals surface area contributed by atoms with Crippen LogP contribution in [0.4, 0.5) is 11.4 Å². The third-order valence-electron chi connectivity index (χ3n) is 6.68. The molecule has 0 saturated carbocycles. The van der Waals surface area contributed by atoms with Crippen LogP contribution in [-0.4, -0.2) is 140 Å². The van der Waals surface area contributed by atoms with Crippen molar-refractivity contribution in [2.45, 2.75) is 68.7 Å². The van der Waals surface area contributed by atoms with Crippen molar-refractivity contribution in [1.29, 1.82) is 0 Å². The number of aliphatic hydroxyl groups excluding tert-OH is 8. The Labute approximate surface area is 319 Å². The van der Waals surface area contributed by atoms with Crippen molar-refractivity contribution >= 4 is 96.9 Å². The summed E-state index contributed by atoms with van der Waals surface area (Å²) < 4.78 is 16.8. The summed E-state index contributed by atoms with van der Waals surface area (Å²) in [5.41, 5.74) is 0.766. The number of carbonyl (C=O) groups is 3. The van der Waals surface area contributed by atoms with Crippen LogP contribution in [0.2, 0.25) is 0 Å². The average Bonchev–Trinajstić information content (AvgIpc) is 3.20. The Balaban J connectivity index is 0.000000442. The summed E-state index contributed by atoms with van der Waals surface area (Å²) in [4.78, 5) is 35.7. The summed E-state index contributed by atoms with van der Waals surface area (Å²) in [5.74, 6) is -4.15. The van der Waals surface area contributed by atoms with Crippen LogP contribution in [0.3, 0.4) is 0 Å². The Hall–Kier alpha value is 0.380. The third-order valence-corrected chi connectivity index (χ3v) is 9.86. The first-order valence-electron chi connectivity index (χ1n) is 12.6. The number of aromatic carboxylic acids is 1. The third kappa shape index (κ3) is 9.55. The molecule has 2 aliphatic heterocycles. The Kier molecular flexibility index (Phi) is 17.7. The van der Waals surface area contributed by atoms with Gasteiger partial charge in [0.25, 0.3) is 0 Å². The average molecular weight is 992 g/mol. The molecule has 0 unspecified atom stereocenters. The van der Waals surface area contributed by atoms with E-state index >= 15 is 0 Å². The standard InChI is InChI=1S/C12H11I3N2O4.C12H22O11.Na/c1-4(18)16-10-7(13)6(12(20)21)8(14)11(9(10)15)17(3)5(2)19;13-1-4-6(16)8(18)9(19)11(21-4)23-12(3-15)10(20)7(17)5(2-14)22-12;/h1-3H3,(H,16,18)(H,20,21);4-11,13-20H,1-3H2;/q;;+1/p-1/t;4-,5-,6-,7-,8+,9-,10+,11-,12-;/m.1./s1. The molecule has 0 spiro atoms. The fourth-order valence-corrected chi connectivity index (χ4v) is 8.80. The van der Waals surface area contributed by atoms with Gasteiger partial charge in [0.05, 0.1) is 34.1 Å². The van der Waals surface area contributed by atoms with Gasteiger partial charge in [0.15, 0.2) is 6.29 Å². The zero-order chi connectivity index (χ0) is 33.8. The number of rotatable bonds is 8. The van der Waals surface area contributed by atoms with Crippen LogP contribution in [0.15, 0.2) is 0 Å². The number of carboxylic acid groups (broad SMARTS) is 1. The second kappa shape index (κ2) is 18.4. The van der Waals surface area contributed by atoms with E-state index in [4.69, 9.17) is 24.4 Å². The Morgan fingerprint density at radius 1 is 0.911 bits per heavy atom. The van der Waals surface area contributed by atoms with Gasteiger partial charge >= 0.3 is 29.6 Å². The van der Waals surface area contributed by atoms with Gasteiger partial charge in [-0.3, -0.25) is 9.59 Å². The zero-order valence-corrected chi connectivity index (χ0v) is 32.7. The molecule has 17 nitrogen and oxygen atoms in total. The summed E-state index contributed by atoms with van der Waals surface area (Å²) >= 11 is 5.70. The van der Waals surface area contributed by atoms with Gasteiger partial charge in [0.2, 0.25) is 17.6 Å². The fraction of sp³-hybridized carbons (Fsp3) is 0.625. The first-order valence-corrected chi connectivity index (χ1v) is 15.8. The predicted molar refractivity (Wildman–Crippen MR) is 171 cm³/mol. The van der Waals surface area contributed by atoms with Gasteiger partial charge in [-0.15, -0.1) is 0 Å². The number of nitrogens with zero attached hydrogens (tertiary/aromatic N) is 1. The van der Waals surface area contributed by atoms with E-state index in [2.05, 4.69) is 5.32 Å². The number of benzene rings is 1. The van der Waals surface area contributed by atoms with E-state index in [-0.39, 0.29) is 46.9 Å². The second-order valence-electron chi connectivity index (χ2n) is 9.65. The molecule has 2 saturated heterocycles. The molecule has 1 aromatic carbocycles. The minimum atomic E-state index is -2.22. The van der Waals surface area contributed by atoms with E-state index in [1.54, 1.807) is 7.05 Å². The van der Waals surface area contributed by atoms with E-state index < -0.39 is 80.6 Å². The molecule has 0 bridgehead atoms. The molecular weight excluding hydrogens is 960 g/mol. The Morgan fingerprint density at radius 2 is 1.47 bits per heavy atom. The molecule has 0 aliphatic carbocycles. The van der Waals surface area contributed by atoms with Gasteiger partial charge in [-0.1, -0.05) is 0 Å². The first kappa shape index (κ1) is 43.4. The van der Waals surface area contributed by atoms with E-state index in [0.717, 1.165) is 0 Å². The number of hydrogen-bond donors (Lipinski definition) is 9. The number of amides is 2. The van der Waals surface area contributed by atoms with Crippen LogP contribution < -0.4 is 44.9 Å². The van der Waals surface area contributed by atoms with E-state index in [0.29, 0.717) is 22.1 Å². The molecule has 21 heteroatoms. The maximum atomic E-state index is 11.6. The molecule has 9 atom stereocenters. The van der Waals surface area contributed by atoms with Crippen LogP contribution in [0.1, 0.15) is 24.2 Å². The topological polar surface area (TPSA) is 279 Å². The van der Waals surface area contributed by atoms with Gasteiger partial charge < -0.3 is 75.2 Å². The predicted octanol–water partition coefficient (Wildman–Crippen LogP) is -6.59. The number of halogens is 3. The van der Waals surface area contributed by atoms with Crippen molar-refractivity contribution < 1.29 is 104 Å². The van der Waals surface area contributed by atoms with E-state index in [9.17, 15) is 50.1 Å². The maximum Gasteiger partial charge on any atom is 1.00 e. The molecule has 2 heterocycles. The van der Waals surface area contributed by atoms with Crippen molar-refractivity contribution in [1.82, 2.24) is 0 Å². The summed E-state index contributed by atoms with van der Waals surface area (Å²) in [7, 11) is 1.55. The summed E-state index contributed by atoms with van der Waals surface area (Å²) in [5, 5.41) is 90.7. The summed E-state index contributed by atoms with van der Waals surface area (Å²) in [6, 6.07) is 0. The molecule has 0 radical (unpaired) electrons. The summed E-state index contributed by atoms with van der Waals surface area (Å²) in [6.45, 7) is 0.384. The number of aliphatic hydroxyl groups is 8. The van der Waals surface area contributed by atoms with Crippen molar-refractivity contribution in [3.63, 3.8) is 0 Å². The molecule has 3 rings (SSSR count). The largest absolute Gasteiger partial charge is 1.00 e. The fourth-order valence-electron chi connectivity index (χ4n) is 4.20. The normalized spacial score (nSPS) is 30.9. The summed E-state index contributed by atoms with van der Waals surface area (Å²) in [6.07, 6.45) is -12.7. The number of nitrogens with one attached hydrogen (secondary N) is 1. The molecule has 2 fully saturated rings. The molecule has 45 heavy (non-hydrogen) atoms. The van der Waals surface area contributed by atoms with Crippen molar-refractivity contribution in [2.24, 2.45) is 0 Å². The minimum Gasteiger partial charge on any atom is -0.545 e. The van der Waals surface area contributed by atoms with E-state index in [1.165, 1.54) is 18.7 Å². The minimum absolute atomic E-state index is 0. The number of hydrogen-bond acceptors (Lipinski definition) is 15. The number of carbonyl (C=O) groups excluding carboxylic acids is 3. The molecule has 2 amide bonds. The van der Waals surface area contributed by atoms with Crippen molar-refractivity contribution in [3.8, 4) is 0 Å². The smallest absolute Gasteiger partial charge is 0.545 e. The molecule has 1 aromatic rings. The van der Waals surface area contributed by atoms with Crippen LogP contribution in [0.25, 0.3) is 0 Å². The first-order chi connectivity index (χ1) is 20.4. The number of carboxylic acids is 1. The van der Waals surface area contributed by atoms with Crippen molar-refractivity contribution in [2.75, 3.05) is 37.1 Å². The quantitative estimate of drug-likeness (QED) is 0.0866. The SMILES string of the molecule is CC(=O)Nc1c(I)c(C(=O)[O-])c(I)c(N(C)C(C)=O)c1I.OC[C@H]1O[C@](CO)(O[C@H]2O[C@H](CO)[C@@H](O)[C@H](O)[C@H]2O)[C@@H](O)[C@@H]1O.[Na+]. The molecule has 9 N–H and O–H groups in total. The van der Waals surface area contributed by atoms with Crippen LogP contribution in [-0.2, 0) is 23.8 Å². The molecule has 0 aromatic heterocycles. The van der Waals surface area contributed by atoms with Gasteiger partial charge in [0.1, 0.15) is 49.3 Å². The van der Waals surface area contributed by atoms with Crippen LogP contribution >= 0.6 is 67.8 Å². The van der Waals surface area contributed by atoms with Crippen LogP contribution in [0, 0.1) is 10.7 Å². The second-order valence-corrected chi connectivity index (χ2v) is 12.9. The number of anilines is 2. The Morgan fingerprint density at radius 3 is 1.89 bits per heavy atom. The number of ether oxygens (including phenoxy) is 3. The van der Waals surface area contributed by atoms with Gasteiger partial charge in [-0.05, 0) is 67.8 Å². The van der Waals surface area contributed by atoms with Crippen LogP contribution in [0.5, 0.6) is 0 Å². The molecular formula is C24H32I3N2NaO15.